The minimum absolute atomic E-state index is 0.0657. The molecule has 1 unspecified atom stereocenters. The van der Waals surface area contributed by atoms with Crippen LogP contribution in [0.5, 0.6) is 17.2 Å². The van der Waals surface area contributed by atoms with Crippen molar-refractivity contribution >= 4 is 21.8 Å². The fourth-order valence-corrected chi connectivity index (χ4v) is 4.41. The molecule has 32 heavy (non-hydrogen) atoms. The summed E-state index contributed by atoms with van der Waals surface area (Å²) in [5.41, 5.74) is 2.18. The number of methoxy groups -OCH3 is 1. The number of nitrogens with zero attached hydrogens (tertiary/aromatic N) is 1. The van der Waals surface area contributed by atoms with Gasteiger partial charge in [0.2, 0.25) is 5.91 Å². The lowest BCUT2D eigenvalue weighted by atomic mass is 10.1. The first kappa shape index (κ1) is 22.4. The molecule has 0 aromatic heterocycles. The molecule has 3 aromatic carbocycles. The maximum absolute atomic E-state index is 12.5. The summed E-state index contributed by atoms with van der Waals surface area (Å²) in [5.74, 6) is 2.25. The molecule has 1 fully saturated rings. The minimum atomic E-state index is 0.0657. The molecule has 3 aromatic rings. The summed E-state index contributed by atoms with van der Waals surface area (Å²) in [6.07, 6.45) is 1.35. The maximum atomic E-state index is 12.5. The smallest absolute Gasteiger partial charge is 0.224 e. The zero-order valence-electron chi connectivity index (χ0n) is 18.1. The lowest BCUT2D eigenvalue weighted by Crippen LogP contribution is -2.37. The molecule has 0 saturated carbocycles. The Bertz CT molecular complexity index is 1070. The zero-order chi connectivity index (χ0) is 22.3. The highest BCUT2D eigenvalue weighted by molar-refractivity contribution is 9.10. The molecule has 1 atom stereocenters. The predicted octanol–water partition coefficient (Wildman–Crippen LogP) is 5.18. The van der Waals surface area contributed by atoms with Crippen LogP contribution in [0.15, 0.2) is 77.3 Å². The van der Waals surface area contributed by atoms with Crippen LogP contribution in [0.25, 0.3) is 0 Å². The molecule has 1 heterocycles. The van der Waals surface area contributed by atoms with Gasteiger partial charge in [0, 0.05) is 30.1 Å². The molecule has 1 N–H and O–H groups in total. The van der Waals surface area contributed by atoms with Crippen LogP contribution in [0.1, 0.15) is 17.5 Å². The van der Waals surface area contributed by atoms with Crippen molar-refractivity contribution in [2.75, 3.05) is 20.2 Å². The van der Waals surface area contributed by atoms with E-state index in [0.29, 0.717) is 17.9 Å². The van der Waals surface area contributed by atoms with E-state index < -0.39 is 0 Å². The lowest BCUT2D eigenvalue weighted by Gasteiger charge is -2.18. The fraction of sp³-hybridized carbons (Fsp3) is 0.269. The Balaban J connectivity index is 1.30. The molecule has 1 saturated heterocycles. The second kappa shape index (κ2) is 10.7. The Morgan fingerprint density at radius 1 is 1.06 bits per heavy atom. The van der Waals surface area contributed by atoms with E-state index in [2.05, 4.69) is 38.3 Å². The van der Waals surface area contributed by atoms with Crippen molar-refractivity contribution in [2.45, 2.75) is 25.4 Å². The van der Waals surface area contributed by atoms with Gasteiger partial charge >= 0.3 is 0 Å². The van der Waals surface area contributed by atoms with Gasteiger partial charge in [0.05, 0.1) is 13.5 Å². The Kier molecular flexibility index (Phi) is 7.45. The normalized spacial score (nSPS) is 16.0. The van der Waals surface area contributed by atoms with Gasteiger partial charge < -0.3 is 14.8 Å². The maximum Gasteiger partial charge on any atom is 0.224 e. The Morgan fingerprint density at radius 2 is 1.84 bits per heavy atom. The van der Waals surface area contributed by atoms with Crippen molar-refractivity contribution < 1.29 is 14.3 Å². The summed E-state index contributed by atoms with van der Waals surface area (Å²) < 4.78 is 12.4. The van der Waals surface area contributed by atoms with Gasteiger partial charge in [0.1, 0.15) is 5.75 Å². The van der Waals surface area contributed by atoms with Gasteiger partial charge in [-0.3, -0.25) is 9.69 Å². The van der Waals surface area contributed by atoms with Gasteiger partial charge in [-0.1, -0.05) is 58.4 Å². The molecule has 0 bridgehead atoms. The van der Waals surface area contributed by atoms with Crippen molar-refractivity contribution in [3.8, 4) is 17.2 Å². The number of amides is 1. The van der Waals surface area contributed by atoms with E-state index in [4.69, 9.17) is 9.47 Å². The molecule has 1 aliphatic rings. The first-order valence-corrected chi connectivity index (χ1v) is 11.5. The highest BCUT2D eigenvalue weighted by Crippen LogP contribution is 2.31. The highest BCUT2D eigenvalue weighted by atomic mass is 79.9. The topological polar surface area (TPSA) is 50.8 Å². The summed E-state index contributed by atoms with van der Waals surface area (Å²) in [5, 5.41) is 3.19. The lowest BCUT2D eigenvalue weighted by molar-refractivity contribution is -0.121. The van der Waals surface area contributed by atoms with Crippen LogP contribution >= 0.6 is 15.9 Å². The molecule has 6 heteroatoms. The number of hydrogen-bond donors (Lipinski definition) is 1. The van der Waals surface area contributed by atoms with Gasteiger partial charge in [0.15, 0.2) is 11.5 Å². The number of hydrogen-bond acceptors (Lipinski definition) is 4. The molecule has 5 nitrogen and oxygen atoms in total. The predicted molar refractivity (Wildman–Crippen MR) is 129 cm³/mol. The molecular weight excluding hydrogens is 468 g/mol. The van der Waals surface area contributed by atoms with Crippen molar-refractivity contribution in [1.29, 1.82) is 0 Å². The SMILES string of the molecule is COc1ccccc1Oc1cccc(CN2CCC(NC(=O)Cc3ccccc3Br)C2)c1. The largest absolute Gasteiger partial charge is 0.493 e. The first-order chi connectivity index (χ1) is 15.6. The average molecular weight is 495 g/mol. The highest BCUT2D eigenvalue weighted by Gasteiger charge is 2.24. The van der Waals surface area contributed by atoms with Gasteiger partial charge in [-0.2, -0.15) is 0 Å². The zero-order valence-corrected chi connectivity index (χ0v) is 19.7. The molecule has 166 valence electrons. The summed E-state index contributed by atoms with van der Waals surface area (Å²) in [6.45, 7) is 2.62. The standard InChI is InChI=1S/C26H27BrN2O3/c1-31-24-11-4-5-12-25(24)32-22-9-6-7-19(15-22)17-29-14-13-21(18-29)28-26(30)16-20-8-2-3-10-23(20)27/h2-12,15,21H,13-14,16-18H2,1H3,(H,28,30). The van der Waals surface area contributed by atoms with Gasteiger partial charge in [-0.25, -0.2) is 0 Å². The van der Waals surface area contributed by atoms with Crippen molar-refractivity contribution in [2.24, 2.45) is 0 Å². The summed E-state index contributed by atoms with van der Waals surface area (Å²) in [4.78, 5) is 14.8. The molecule has 1 amide bonds. The van der Waals surface area contributed by atoms with E-state index in [1.807, 2.05) is 60.7 Å². The fourth-order valence-electron chi connectivity index (χ4n) is 3.98. The number of halogens is 1. The number of ether oxygens (including phenoxy) is 2. The van der Waals surface area contributed by atoms with E-state index in [1.54, 1.807) is 7.11 Å². The summed E-state index contributed by atoms with van der Waals surface area (Å²) in [7, 11) is 1.64. The third-order valence-electron chi connectivity index (χ3n) is 5.55. The van der Waals surface area contributed by atoms with Crippen LogP contribution in [-0.2, 0) is 17.8 Å². The molecule has 1 aliphatic heterocycles. The van der Waals surface area contributed by atoms with Gasteiger partial charge in [-0.05, 0) is 47.9 Å². The summed E-state index contributed by atoms with van der Waals surface area (Å²) >= 11 is 3.51. The molecular formula is C26H27BrN2O3. The quantitative estimate of drug-likeness (QED) is 0.468. The number of likely N-dealkylation sites (tertiary alicyclic amines) is 1. The van der Waals surface area contributed by atoms with E-state index in [1.165, 1.54) is 5.56 Å². The summed E-state index contributed by atoms with van der Waals surface area (Å²) in [6, 6.07) is 23.8. The van der Waals surface area contributed by atoms with Crippen LogP contribution in [-0.4, -0.2) is 37.0 Å². The van der Waals surface area contributed by atoms with Crippen molar-refractivity contribution in [1.82, 2.24) is 10.2 Å². The third kappa shape index (κ3) is 5.90. The van der Waals surface area contributed by atoms with Gasteiger partial charge in [0.25, 0.3) is 0 Å². The first-order valence-electron chi connectivity index (χ1n) is 10.8. The van der Waals surface area contributed by atoms with Crippen LogP contribution < -0.4 is 14.8 Å². The number of benzene rings is 3. The average Bonchev–Trinajstić information content (AvgIpc) is 3.22. The minimum Gasteiger partial charge on any atom is -0.493 e. The Labute approximate surface area is 197 Å². The van der Waals surface area contributed by atoms with E-state index >= 15 is 0 Å². The Hall–Kier alpha value is -2.83. The number of carbonyl (C=O) groups is 1. The van der Waals surface area contributed by atoms with E-state index in [-0.39, 0.29) is 11.9 Å². The van der Waals surface area contributed by atoms with Crippen LogP contribution in [0.3, 0.4) is 0 Å². The number of rotatable bonds is 8. The molecule has 0 spiro atoms. The van der Waals surface area contributed by atoms with E-state index in [0.717, 1.165) is 41.8 Å². The van der Waals surface area contributed by atoms with Crippen molar-refractivity contribution in [3.63, 3.8) is 0 Å². The number of para-hydroxylation sites is 2. The number of carbonyl (C=O) groups excluding carboxylic acids is 1. The Morgan fingerprint density at radius 3 is 2.66 bits per heavy atom. The second-order valence-electron chi connectivity index (χ2n) is 7.96. The second-order valence-corrected chi connectivity index (χ2v) is 8.81. The van der Waals surface area contributed by atoms with Crippen LogP contribution in [0, 0.1) is 0 Å². The molecule has 0 aliphatic carbocycles. The molecule has 0 radical (unpaired) electrons. The van der Waals surface area contributed by atoms with Crippen LogP contribution in [0.2, 0.25) is 0 Å². The third-order valence-corrected chi connectivity index (χ3v) is 6.32. The monoisotopic (exact) mass is 494 g/mol. The van der Waals surface area contributed by atoms with Crippen molar-refractivity contribution in [3.05, 3.63) is 88.4 Å². The van der Waals surface area contributed by atoms with Gasteiger partial charge in [-0.15, -0.1) is 0 Å². The van der Waals surface area contributed by atoms with Crippen LogP contribution in [0.4, 0.5) is 0 Å². The van der Waals surface area contributed by atoms with E-state index in [9.17, 15) is 4.79 Å². The number of nitrogens with one attached hydrogen (secondary N) is 1. The molecule has 4 rings (SSSR count).